The number of thiazole rings is 1. The lowest BCUT2D eigenvalue weighted by Crippen LogP contribution is -2.33. The molecule has 1 atom stereocenters. The maximum atomic E-state index is 13.0. The van der Waals surface area contributed by atoms with Crippen molar-refractivity contribution in [1.82, 2.24) is 4.98 Å². The van der Waals surface area contributed by atoms with Gasteiger partial charge < -0.3 is 14.8 Å². The van der Waals surface area contributed by atoms with Crippen molar-refractivity contribution >= 4 is 44.1 Å². The molecule has 27 heavy (non-hydrogen) atoms. The highest BCUT2D eigenvalue weighted by Crippen LogP contribution is 2.33. The first-order valence-corrected chi connectivity index (χ1v) is 9.71. The number of fused-ring (bicyclic) bond motifs is 2. The number of ketones is 1. The van der Waals surface area contributed by atoms with Crippen molar-refractivity contribution in [1.29, 1.82) is 0 Å². The molecule has 1 aliphatic heterocycles. The molecule has 0 fully saturated rings. The summed E-state index contributed by atoms with van der Waals surface area (Å²) in [7, 11) is 0. The van der Waals surface area contributed by atoms with Crippen LogP contribution < -0.4 is 10.1 Å². The van der Waals surface area contributed by atoms with Crippen molar-refractivity contribution < 1.29 is 14.3 Å². The summed E-state index contributed by atoms with van der Waals surface area (Å²) in [5.41, 5.74) is 2.79. The number of ether oxygens (including phenoxy) is 2. The molecule has 0 amide bonds. The zero-order valence-corrected chi connectivity index (χ0v) is 16.4. The van der Waals surface area contributed by atoms with Crippen LogP contribution in [-0.4, -0.2) is 23.7 Å². The van der Waals surface area contributed by atoms with Crippen molar-refractivity contribution in [3.8, 4) is 5.75 Å². The third-order valence-electron chi connectivity index (χ3n) is 4.15. The number of nitrogens with one attached hydrogen (secondary N) is 1. The zero-order chi connectivity index (χ0) is 19.0. The summed E-state index contributed by atoms with van der Waals surface area (Å²) in [6, 6.07) is 11.1. The van der Waals surface area contributed by atoms with Gasteiger partial charge in [-0.2, -0.15) is 0 Å². The van der Waals surface area contributed by atoms with E-state index in [0.29, 0.717) is 33.6 Å². The minimum Gasteiger partial charge on any atom is -0.460 e. The highest BCUT2D eigenvalue weighted by Gasteiger charge is 2.32. The number of anilines is 1. The number of carbonyl (C=O) groups is 1. The van der Waals surface area contributed by atoms with Gasteiger partial charge in [0.1, 0.15) is 5.75 Å². The fraction of sp³-hybridized carbons (Fsp3) is 0.200. The minimum absolute atomic E-state index is 0.116. The molecule has 0 radical (unpaired) electrons. The van der Waals surface area contributed by atoms with Crippen LogP contribution in [0.15, 0.2) is 48.2 Å². The predicted molar refractivity (Wildman–Crippen MR) is 108 cm³/mol. The van der Waals surface area contributed by atoms with Gasteiger partial charge in [-0.05, 0) is 44.2 Å². The van der Waals surface area contributed by atoms with E-state index in [2.05, 4.69) is 10.3 Å². The van der Waals surface area contributed by atoms with E-state index in [1.54, 1.807) is 18.3 Å². The van der Waals surface area contributed by atoms with Crippen LogP contribution in [-0.2, 0) is 4.74 Å². The molecule has 2 heterocycles. The molecule has 0 saturated heterocycles. The van der Waals surface area contributed by atoms with E-state index in [1.165, 1.54) is 11.3 Å². The summed E-state index contributed by atoms with van der Waals surface area (Å²) in [5.74, 6) is 0.422. The first-order chi connectivity index (χ1) is 13.0. The van der Waals surface area contributed by atoms with Crippen molar-refractivity contribution in [3.63, 3.8) is 0 Å². The highest BCUT2D eigenvalue weighted by molar-refractivity contribution is 7.22. The molecule has 5 nitrogen and oxygen atoms in total. The number of Topliss-reactive ketones (excluding diaryl/α,β-unsaturated/α-hetero) is 1. The average Bonchev–Trinajstić information content (AvgIpc) is 3.04. The van der Waals surface area contributed by atoms with Crippen molar-refractivity contribution in [2.45, 2.75) is 20.1 Å². The lowest BCUT2D eigenvalue weighted by Gasteiger charge is -2.27. The number of rotatable bonds is 4. The number of benzene rings is 2. The summed E-state index contributed by atoms with van der Waals surface area (Å²) >= 11 is 7.49. The molecule has 138 valence electrons. The quantitative estimate of drug-likeness (QED) is 0.610. The Bertz CT molecular complexity index is 1060. The van der Waals surface area contributed by atoms with Crippen LogP contribution in [0.4, 0.5) is 5.13 Å². The summed E-state index contributed by atoms with van der Waals surface area (Å²) in [6.45, 7) is 4.23. The first-order valence-electron chi connectivity index (χ1n) is 8.51. The van der Waals surface area contributed by atoms with Gasteiger partial charge in [-0.15, -0.1) is 0 Å². The Balaban J connectivity index is 1.67. The molecule has 1 aliphatic rings. The topological polar surface area (TPSA) is 60.5 Å². The normalized spacial score (nSPS) is 17.8. The fourth-order valence-electron chi connectivity index (χ4n) is 2.87. The van der Waals surface area contributed by atoms with Crippen LogP contribution in [0.5, 0.6) is 5.75 Å². The van der Waals surface area contributed by atoms with Crippen LogP contribution in [0.2, 0.25) is 5.02 Å². The highest BCUT2D eigenvalue weighted by atomic mass is 35.5. The molecule has 2 aromatic carbocycles. The van der Waals surface area contributed by atoms with Gasteiger partial charge in [0.15, 0.2) is 10.9 Å². The third kappa shape index (κ3) is 3.56. The number of hydrogen-bond donors (Lipinski definition) is 1. The van der Waals surface area contributed by atoms with Gasteiger partial charge in [-0.25, -0.2) is 4.98 Å². The van der Waals surface area contributed by atoms with Crippen molar-refractivity contribution in [3.05, 3.63) is 64.3 Å². The maximum Gasteiger partial charge on any atom is 0.232 e. The van der Waals surface area contributed by atoms with E-state index in [0.717, 1.165) is 15.8 Å². The molecule has 1 N–H and O–H groups in total. The standard InChI is InChI=1S/C20H17ClN2O3S/c1-3-25-19-14(18(24)13-8-11(2)4-7-16(13)26-19)10-22-20-23-15-6-5-12(21)9-17(15)27-20/h4-10,19H,3H2,1-2H3,(H,22,23)/b14-10+. The van der Waals surface area contributed by atoms with E-state index in [1.807, 2.05) is 38.1 Å². The lowest BCUT2D eigenvalue weighted by atomic mass is 9.98. The largest absolute Gasteiger partial charge is 0.460 e. The molecular formula is C20H17ClN2O3S. The molecular weight excluding hydrogens is 384 g/mol. The molecule has 4 rings (SSSR count). The van der Waals surface area contributed by atoms with E-state index in [4.69, 9.17) is 21.1 Å². The van der Waals surface area contributed by atoms with Gasteiger partial charge in [-0.1, -0.05) is 34.6 Å². The third-order valence-corrected chi connectivity index (χ3v) is 5.33. The summed E-state index contributed by atoms with van der Waals surface area (Å²) in [6.07, 6.45) is 0.863. The second kappa shape index (κ2) is 7.31. The Morgan fingerprint density at radius 3 is 3.00 bits per heavy atom. The maximum absolute atomic E-state index is 13.0. The van der Waals surface area contributed by atoms with Gasteiger partial charge >= 0.3 is 0 Å². The van der Waals surface area contributed by atoms with E-state index in [-0.39, 0.29) is 5.78 Å². The molecule has 0 spiro atoms. The Hall–Kier alpha value is -2.41. The lowest BCUT2D eigenvalue weighted by molar-refractivity contribution is -0.0509. The SMILES string of the molecule is CCOC1Oc2ccc(C)cc2C(=O)/C1=C\Nc1nc2ccc(Cl)cc2s1. The summed E-state index contributed by atoms with van der Waals surface area (Å²) in [5, 5.41) is 4.44. The second-order valence-electron chi connectivity index (χ2n) is 6.11. The Morgan fingerprint density at radius 2 is 2.19 bits per heavy atom. The van der Waals surface area contributed by atoms with Crippen LogP contribution in [0, 0.1) is 6.92 Å². The van der Waals surface area contributed by atoms with Crippen molar-refractivity contribution in [2.75, 3.05) is 11.9 Å². The molecule has 1 aromatic heterocycles. The van der Waals surface area contributed by atoms with Gasteiger partial charge in [0.05, 0.1) is 21.4 Å². The van der Waals surface area contributed by atoms with E-state index in [9.17, 15) is 4.79 Å². The Morgan fingerprint density at radius 1 is 1.33 bits per heavy atom. The van der Waals surface area contributed by atoms with Crippen molar-refractivity contribution in [2.24, 2.45) is 0 Å². The van der Waals surface area contributed by atoms with Gasteiger partial charge in [0, 0.05) is 17.8 Å². The van der Waals surface area contributed by atoms with Gasteiger partial charge in [0.25, 0.3) is 0 Å². The van der Waals surface area contributed by atoms with Crippen LogP contribution in [0.25, 0.3) is 10.2 Å². The van der Waals surface area contributed by atoms with Gasteiger partial charge in [-0.3, -0.25) is 4.79 Å². The Kier molecular flexibility index (Phi) is 4.86. The number of nitrogens with zero attached hydrogens (tertiary/aromatic N) is 1. The zero-order valence-electron chi connectivity index (χ0n) is 14.8. The van der Waals surface area contributed by atoms with Crippen LogP contribution in [0.1, 0.15) is 22.8 Å². The molecule has 0 aliphatic carbocycles. The predicted octanol–water partition coefficient (Wildman–Crippen LogP) is 5.19. The second-order valence-corrected chi connectivity index (χ2v) is 7.58. The number of hydrogen-bond acceptors (Lipinski definition) is 6. The number of halogens is 1. The van der Waals surface area contributed by atoms with Gasteiger partial charge in [0.2, 0.25) is 6.29 Å². The molecule has 0 saturated carbocycles. The fourth-order valence-corrected chi connectivity index (χ4v) is 3.98. The van der Waals surface area contributed by atoms with E-state index >= 15 is 0 Å². The molecule has 7 heteroatoms. The van der Waals surface area contributed by atoms with Crippen LogP contribution in [0.3, 0.4) is 0 Å². The number of carbonyl (C=O) groups excluding carboxylic acids is 1. The minimum atomic E-state index is -0.756. The average molecular weight is 401 g/mol. The smallest absolute Gasteiger partial charge is 0.232 e. The molecule has 3 aromatic rings. The Labute approximate surface area is 165 Å². The number of aromatic nitrogens is 1. The molecule has 1 unspecified atom stereocenters. The monoisotopic (exact) mass is 400 g/mol. The molecule has 0 bridgehead atoms. The number of aryl methyl sites for hydroxylation is 1. The van der Waals surface area contributed by atoms with Crippen LogP contribution >= 0.6 is 22.9 Å². The summed E-state index contributed by atoms with van der Waals surface area (Å²) < 4.78 is 12.5. The first kappa shape index (κ1) is 18.0. The van der Waals surface area contributed by atoms with E-state index < -0.39 is 6.29 Å². The summed E-state index contributed by atoms with van der Waals surface area (Å²) in [4.78, 5) is 17.5.